The molecule has 0 atom stereocenters. The number of nitrogens with two attached hydrogens (primary N) is 1. The molecule has 0 unspecified atom stereocenters. The molecule has 0 radical (unpaired) electrons. The topological polar surface area (TPSA) is 166 Å². The summed E-state index contributed by atoms with van der Waals surface area (Å²) in [6.45, 7) is 2.41. The Morgan fingerprint density at radius 3 is 2.82 bits per heavy atom. The average Bonchev–Trinajstić information content (AvgIpc) is 3.04. The highest BCUT2D eigenvalue weighted by atomic mass is 32.2. The van der Waals surface area contributed by atoms with Crippen LogP contribution in [-0.2, 0) is 27.6 Å². The maximum atomic E-state index is 15.5. The number of hydrogen-bond donors (Lipinski definition) is 4. The number of sulfone groups is 1. The lowest BCUT2D eigenvalue weighted by molar-refractivity contribution is -0.121. The minimum absolute atomic E-state index is 0.0719. The van der Waals surface area contributed by atoms with Crippen molar-refractivity contribution in [1.29, 1.82) is 0 Å². The zero-order valence-corrected chi connectivity index (χ0v) is 21.0. The predicted octanol–water partition coefficient (Wildman–Crippen LogP) is 2.07. The molecule has 2 aliphatic heterocycles. The van der Waals surface area contributed by atoms with E-state index in [4.69, 9.17) is 10.5 Å². The van der Waals surface area contributed by atoms with E-state index < -0.39 is 21.6 Å². The van der Waals surface area contributed by atoms with Crippen molar-refractivity contribution >= 4 is 49.5 Å². The quantitative estimate of drug-likeness (QED) is 0.284. The first-order valence-corrected chi connectivity index (χ1v) is 13.6. The smallest absolute Gasteiger partial charge is 0.241 e. The molecule has 38 heavy (non-hydrogen) atoms. The number of hydrogen-bond acceptors (Lipinski definition) is 10. The molecule has 0 saturated carbocycles. The number of carbonyl (C=O) groups excluding carboxylic acids is 1. The minimum atomic E-state index is -3.47. The summed E-state index contributed by atoms with van der Waals surface area (Å²) in [6, 6.07) is 5.23. The number of aromatic nitrogens is 4. The third-order valence-electron chi connectivity index (χ3n) is 6.55. The molecule has 196 valence electrons. The molecule has 14 heteroatoms. The fourth-order valence-electron chi connectivity index (χ4n) is 4.61. The summed E-state index contributed by atoms with van der Waals surface area (Å²) in [4.78, 5) is 20.4. The molecule has 3 aromatic heterocycles. The van der Waals surface area contributed by atoms with Gasteiger partial charge >= 0.3 is 0 Å². The van der Waals surface area contributed by atoms with E-state index in [2.05, 4.69) is 31.0 Å². The molecular weight excluding hydrogens is 515 g/mol. The molecule has 0 saturated heterocycles. The largest absolute Gasteiger partial charge is 0.460 e. The molecule has 1 aromatic carbocycles. The molecule has 12 nitrogen and oxygen atoms in total. The minimum Gasteiger partial charge on any atom is -0.460 e. The molecule has 4 aromatic rings. The van der Waals surface area contributed by atoms with Gasteiger partial charge in [-0.05, 0) is 30.0 Å². The van der Waals surface area contributed by atoms with Crippen LogP contribution in [0.25, 0.3) is 21.9 Å². The Balaban J connectivity index is 1.38. The van der Waals surface area contributed by atoms with Crippen molar-refractivity contribution in [2.24, 2.45) is 0 Å². The number of rotatable bonds is 3. The standard InChI is InChI=1S/C24H23FN8O4S/c1-12-16(7-29-24-23(12)30-10-38(35,36)11-37-24)15-4-13-5-18(28-8-17(13)22(26)21(15)25)31-19-6-14-2-3-27-20(34)9-33(14)32-19/h4-8,30H,2-3,9-11,26H2,1H3,(H,27,34)(H,28,31,32). The van der Waals surface area contributed by atoms with Crippen LogP contribution in [0.3, 0.4) is 0 Å². The Hall–Kier alpha value is -4.46. The lowest BCUT2D eigenvalue weighted by atomic mass is 9.97. The first-order valence-electron chi connectivity index (χ1n) is 11.7. The van der Waals surface area contributed by atoms with Crippen molar-refractivity contribution in [2.45, 2.75) is 19.9 Å². The second kappa shape index (κ2) is 8.83. The molecule has 5 heterocycles. The second-order valence-electron chi connectivity index (χ2n) is 9.15. The highest BCUT2D eigenvalue weighted by Gasteiger charge is 2.24. The third kappa shape index (κ3) is 4.22. The number of nitrogens with one attached hydrogen (secondary N) is 3. The van der Waals surface area contributed by atoms with Crippen molar-refractivity contribution in [3.8, 4) is 17.0 Å². The predicted molar refractivity (Wildman–Crippen MR) is 139 cm³/mol. The Morgan fingerprint density at radius 1 is 1.13 bits per heavy atom. The van der Waals surface area contributed by atoms with Gasteiger partial charge in [0.15, 0.2) is 17.6 Å². The number of carbonyl (C=O) groups is 1. The average molecular weight is 539 g/mol. The summed E-state index contributed by atoms with van der Waals surface area (Å²) in [5.41, 5.74) is 8.61. The summed E-state index contributed by atoms with van der Waals surface area (Å²) in [6.07, 6.45) is 3.58. The molecule has 6 rings (SSSR count). The lowest BCUT2D eigenvalue weighted by Gasteiger charge is -2.16. The van der Waals surface area contributed by atoms with E-state index in [-0.39, 0.29) is 35.5 Å². The zero-order chi connectivity index (χ0) is 26.6. The van der Waals surface area contributed by atoms with E-state index in [0.717, 1.165) is 5.69 Å². The van der Waals surface area contributed by atoms with Gasteiger partial charge in [-0.25, -0.2) is 22.8 Å². The number of amides is 1. The van der Waals surface area contributed by atoms with Crippen LogP contribution in [0.4, 0.5) is 27.4 Å². The molecule has 0 aliphatic carbocycles. The number of nitrogens with zero attached hydrogens (tertiary/aromatic N) is 4. The van der Waals surface area contributed by atoms with Gasteiger partial charge in [-0.15, -0.1) is 0 Å². The van der Waals surface area contributed by atoms with E-state index in [1.807, 2.05) is 6.07 Å². The van der Waals surface area contributed by atoms with Crippen molar-refractivity contribution in [2.75, 3.05) is 34.7 Å². The maximum absolute atomic E-state index is 15.5. The fraction of sp³-hybridized carbons (Fsp3) is 0.250. The zero-order valence-electron chi connectivity index (χ0n) is 20.2. The van der Waals surface area contributed by atoms with Crippen LogP contribution in [0, 0.1) is 12.7 Å². The number of halogens is 1. The van der Waals surface area contributed by atoms with Crippen molar-refractivity contribution in [1.82, 2.24) is 25.1 Å². The van der Waals surface area contributed by atoms with Crippen molar-refractivity contribution in [3.63, 3.8) is 0 Å². The first kappa shape index (κ1) is 23.9. The van der Waals surface area contributed by atoms with E-state index in [1.54, 1.807) is 23.7 Å². The normalized spacial score (nSPS) is 16.3. The van der Waals surface area contributed by atoms with Gasteiger partial charge in [-0.1, -0.05) is 0 Å². The monoisotopic (exact) mass is 538 g/mol. The van der Waals surface area contributed by atoms with Gasteiger partial charge in [0.2, 0.25) is 21.6 Å². The highest BCUT2D eigenvalue weighted by Crippen LogP contribution is 2.39. The van der Waals surface area contributed by atoms with Gasteiger partial charge in [0.05, 0.1) is 5.69 Å². The Morgan fingerprint density at radius 2 is 1.97 bits per heavy atom. The molecule has 0 spiro atoms. The molecule has 2 aliphatic rings. The number of nitrogen functional groups attached to an aromatic ring is 1. The van der Waals surface area contributed by atoms with Gasteiger partial charge in [-0.2, -0.15) is 5.10 Å². The van der Waals surface area contributed by atoms with Crippen LogP contribution < -0.4 is 26.4 Å². The Kier molecular flexibility index (Phi) is 5.56. The number of anilines is 4. The highest BCUT2D eigenvalue weighted by molar-refractivity contribution is 7.91. The van der Waals surface area contributed by atoms with Crippen molar-refractivity contribution < 1.29 is 22.3 Å². The second-order valence-corrected chi connectivity index (χ2v) is 11.2. The number of pyridine rings is 2. The molecule has 0 bridgehead atoms. The number of ether oxygens (including phenoxy) is 1. The van der Waals surface area contributed by atoms with Crippen molar-refractivity contribution in [3.05, 3.63) is 47.7 Å². The summed E-state index contributed by atoms with van der Waals surface area (Å²) in [5, 5.41) is 14.3. The maximum Gasteiger partial charge on any atom is 0.241 e. The van der Waals surface area contributed by atoms with Crippen LogP contribution in [0.15, 0.2) is 30.6 Å². The van der Waals surface area contributed by atoms with Crippen LogP contribution in [0.2, 0.25) is 0 Å². The number of benzene rings is 1. The summed E-state index contributed by atoms with van der Waals surface area (Å²) in [7, 11) is -3.47. The number of fused-ring (bicyclic) bond motifs is 3. The molecule has 0 fully saturated rings. The summed E-state index contributed by atoms with van der Waals surface area (Å²) in [5.74, 6) is -0.425. The van der Waals surface area contributed by atoms with E-state index in [9.17, 15) is 13.2 Å². The molecular formula is C24H23FN8O4S. The van der Waals surface area contributed by atoms with Crippen LogP contribution in [0.5, 0.6) is 5.88 Å². The van der Waals surface area contributed by atoms with Crippen LogP contribution >= 0.6 is 0 Å². The van der Waals surface area contributed by atoms with Gasteiger partial charge in [0, 0.05) is 53.6 Å². The van der Waals surface area contributed by atoms with Gasteiger partial charge < -0.3 is 26.4 Å². The summed E-state index contributed by atoms with van der Waals surface area (Å²) >= 11 is 0. The fourth-order valence-corrected chi connectivity index (χ4v) is 5.35. The van der Waals surface area contributed by atoms with E-state index >= 15 is 4.39 Å². The Bertz CT molecular complexity index is 1740. The van der Waals surface area contributed by atoms with Gasteiger partial charge in [0.1, 0.15) is 23.9 Å². The van der Waals surface area contributed by atoms with E-state index in [0.29, 0.717) is 52.2 Å². The van der Waals surface area contributed by atoms with E-state index in [1.165, 1.54) is 12.4 Å². The van der Waals surface area contributed by atoms with Crippen LogP contribution in [-0.4, -0.2) is 52.4 Å². The SMILES string of the molecule is Cc1c(-c2cc3cc(Nc4cc5n(n4)CC(=O)NCC5)ncc3c(N)c2F)cnc2c1NCS(=O)(=O)CO2. The first-order chi connectivity index (χ1) is 18.2. The third-order valence-corrected chi connectivity index (χ3v) is 7.61. The molecule has 1 amide bonds. The van der Waals surface area contributed by atoms with Crippen LogP contribution in [0.1, 0.15) is 11.3 Å². The lowest BCUT2D eigenvalue weighted by Crippen LogP contribution is -2.25. The van der Waals surface area contributed by atoms with Gasteiger partial charge in [-0.3, -0.25) is 9.48 Å². The summed E-state index contributed by atoms with van der Waals surface area (Å²) < 4.78 is 46.4. The Labute approximate surface area is 216 Å². The van der Waals surface area contributed by atoms with Gasteiger partial charge in [0.25, 0.3) is 0 Å². The molecule has 5 N–H and O–H groups in total.